The fourth-order valence-electron chi connectivity index (χ4n) is 0.286. The Balaban J connectivity index is 3.98. The number of halogens is 6. The Morgan fingerprint density at radius 1 is 0.600 bits per heavy atom. The summed E-state index contributed by atoms with van der Waals surface area (Å²) in [7, 11) is 0. The molecule has 0 saturated heterocycles. The van der Waals surface area contributed by atoms with E-state index in [1.54, 1.807) is 0 Å². The molecular weight excluding hydrogens is 261 g/mol. The zero-order valence-corrected chi connectivity index (χ0v) is 9.04. The minimum absolute atomic E-state index is 0.287. The maximum absolute atomic E-state index is 5.42. The van der Waals surface area contributed by atoms with E-state index in [1.165, 1.54) is 0 Å². The monoisotopic (exact) mass is 261 g/mol. The first kappa shape index (κ1) is 11.7. The third kappa shape index (κ3) is 3.94. The second kappa shape index (κ2) is 5.40. The van der Waals surface area contributed by atoms with Gasteiger partial charge in [-0.15, -0.1) is 69.6 Å². The fraction of sp³-hybridized carbons (Fsp3) is 0.750. The molecule has 0 aromatic rings. The minimum atomic E-state index is -0.833. The second-order valence-corrected chi connectivity index (χ2v) is 4.69. The van der Waals surface area contributed by atoms with Crippen LogP contribution in [0.4, 0.5) is 0 Å². The van der Waals surface area contributed by atoms with E-state index in [1.807, 2.05) is 0 Å². The highest BCUT2D eigenvalue weighted by Crippen LogP contribution is 2.34. The van der Waals surface area contributed by atoms with Gasteiger partial charge in [-0.2, -0.15) is 0 Å². The minimum Gasteiger partial charge on any atom is -0.105 e. The molecule has 0 aliphatic carbocycles. The van der Waals surface area contributed by atoms with Gasteiger partial charge in [-0.05, 0) is 0 Å². The van der Waals surface area contributed by atoms with Crippen molar-refractivity contribution in [2.24, 2.45) is 0 Å². The van der Waals surface area contributed by atoms with Crippen LogP contribution in [0.5, 0.6) is 0 Å². The molecule has 0 spiro atoms. The third-order valence-corrected chi connectivity index (χ3v) is 2.27. The van der Waals surface area contributed by atoms with Crippen LogP contribution in [0.2, 0.25) is 0 Å². The van der Waals surface area contributed by atoms with Gasteiger partial charge in [-0.3, -0.25) is 0 Å². The van der Waals surface area contributed by atoms with Crippen LogP contribution in [-0.4, -0.2) is 14.5 Å². The summed E-state index contributed by atoms with van der Waals surface area (Å²) in [4.78, 5) is -2.50. The van der Waals surface area contributed by atoms with E-state index in [-0.39, 0.29) is 5.92 Å². The highest BCUT2D eigenvalue weighted by molar-refractivity contribution is 6.55. The van der Waals surface area contributed by atoms with Gasteiger partial charge in [0.25, 0.3) is 0 Å². The Bertz CT molecular complexity index is 70.7. The van der Waals surface area contributed by atoms with Crippen molar-refractivity contribution in [3.05, 3.63) is 5.92 Å². The van der Waals surface area contributed by atoms with Gasteiger partial charge >= 0.3 is 0 Å². The molecule has 10 heavy (non-hydrogen) atoms. The van der Waals surface area contributed by atoms with E-state index in [9.17, 15) is 0 Å². The lowest BCUT2D eigenvalue weighted by Gasteiger charge is -2.18. The predicted octanol–water partition coefficient (Wildman–Crippen LogP) is 3.97. The molecule has 6 heteroatoms. The number of alkyl halides is 6. The van der Waals surface area contributed by atoms with Crippen LogP contribution in [0.3, 0.4) is 0 Å². The molecule has 0 atom stereocenters. The van der Waals surface area contributed by atoms with Crippen molar-refractivity contribution in [2.45, 2.75) is 14.5 Å². The van der Waals surface area contributed by atoms with E-state index in [4.69, 9.17) is 69.6 Å². The van der Waals surface area contributed by atoms with Crippen LogP contribution in [0, 0.1) is 5.92 Å². The molecule has 0 aromatic heterocycles. The van der Waals surface area contributed by atoms with Crippen LogP contribution in [0.15, 0.2) is 0 Å². The second-order valence-electron chi connectivity index (χ2n) is 1.40. The van der Waals surface area contributed by atoms with Gasteiger partial charge in [-0.25, -0.2) is 0 Å². The molecule has 1 radical (unpaired) electrons. The Kier molecular flexibility index (Phi) is 6.34. The molecule has 61 valence electrons. The summed E-state index contributed by atoms with van der Waals surface area (Å²) in [5.74, 6) is 0.287. The molecule has 0 aliphatic heterocycles. The first-order chi connectivity index (χ1) is 4.46. The standard InChI is InChI=1S/C4H3Cl6/c5-2(6)1(3(7)8)4(9)10/h2-4H. The lowest BCUT2D eigenvalue weighted by Crippen LogP contribution is -2.21. The molecule has 0 N–H and O–H groups in total. The van der Waals surface area contributed by atoms with Crippen LogP contribution >= 0.6 is 69.6 Å². The quantitative estimate of drug-likeness (QED) is 0.676. The fourth-order valence-corrected chi connectivity index (χ4v) is 2.57. The molecule has 0 saturated carbocycles. The highest BCUT2D eigenvalue weighted by atomic mass is 35.5. The molecule has 0 aromatic carbocycles. The smallest absolute Gasteiger partial charge is 0.105 e. The van der Waals surface area contributed by atoms with Gasteiger partial charge in [-0.1, -0.05) is 0 Å². The maximum atomic E-state index is 5.42. The molecule has 0 rings (SSSR count). The van der Waals surface area contributed by atoms with Crippen LogP contribution in [0.25, 0.3) is 0 Å². The molecule has 0 nitrogen and oxygen atoms in total. The maximum Gasteiger partial charge on any atom is 0.119 e. The summed E-state index contributed by atoms with van der Waals surface area (Å²) in [5.41, 5.74) is 0. The summed E-state index contributed by atoms with van der Waals surface area (Å²) < 4.78 is 0. The average Bonchev–Trinajstić information content (AvgIpc) is 1.59. The summed E-state index contributed by atoms with van der Waals surface area (Å²) in [6.07, 6.45) is 0. The average molecular weight is 264 g/mol. The Morgan fingerprint density at radius 2 is 0.800 bits per heavy atom. The molecule has 0 heterocycles. The Morgan fingerprint density at radius 3 is 0.800 bits per heavy atom. The van der Waals surface area contributed by atoms with Gasteiger partial charge in [0.1, 0.15) is 14.5 Å². The lowest BCUT2D eigenvalue weighted by atomic mass is 10.2. The van der Waals surface area contributed by atoms with E-state index < -0.39 is 14.5 Å². The Hall–Kier alpha value is 1.74. The highest BCUT2D eigenvalue weighted by Gasteiger charge is 2.30. The van der Waals surface area contributed by atoms with Crippen molar-refractivity contribution in [1.82, 2.24) is 0 Å². The van der Waals surface area contributed by atoms with Crippen molar-refractivity contribution in [2.75, 3.05) is 0 Å². The molecule has 0 fully saturated rings. The predicted molar refractivity (Wildman–Crippen MR) is 49.7 cm³/mol. The van der Waals surface area contributed by atoms with Gasteiger partial charge in [0.05, 0.1) is 5.92 Å². The van der Waals surface area contributed by atoms with Gasteiger partial charge in [0.2, 0.25) is 0 Å². The van der Waals surface area contributed by atoms with E-state index >= 15 is 0 Å². The number of hydrogen-bond donors (Lipinski definition) is 0. The lowest BCUT2D eigenvalue weighted by molar-refractivity contribution is 0.990. The van der Waals surface area contributed by atoms with Crippen molar-refractivity contribution in [3.8, 4) is 0 Å². The van der Waals surface area contributed by atoms with E-state index in [0.29, 0.717) is 0 Å². The SMILES string of the molecule is ClC(Cl)[C](C(Cl)Cl)C(Cl)Cl. The van der Waals surface area contributed by atoms with E-state index in [0.717, 1.165) is 0 Å². The number of rotatable bonds is 3. The molecule has 0 amide bonds. The van der Waals surface area contributed by atoms with Crippen molar-refractivity contribution >= 4 is 69.6 Å². The number of hydrogen-bond acceptors (Lipinski definition) is 0. The van der Waals surface area contributed by atoms with Gasteiger partial charge < -0.3 is 0 Å². The summed E-state index contributed by atoms with van der Waals surface area (Å²) >= 11 is 32.5. The zero-order valence-electron chi connectivity index (χ0n) is 4.50. The largest absolute Gasteiger partial charge is 0.119 e. The van der Waals surface area contributed by atoms with Crippen molar-refractivity contribution in [1.29, 1.82) is 0 Å². The summed E-state index contributed by atoms with van der Waals surface area (Å²) in [6.45, 7) is 0. The molecule has 0 unspecified atom stereocenters. The Labute approximate surface area is 89.7 Å². The summed E-state index contributed by atoms with van der Waals surface area (Å²) in [5, 5.41) is 0. The van der Waals surface area contributed by atoms with Crippen LogP contribution in [-0.2, 0) is 0 Å². The summed E-state index contributed by atoms with van der Waals surface area (Å²) in [6, 6.07) is 0. The first-order valence-corrected chi connectivity index (χ1v) is 4.79. The van der Waals surface area contributed by atoms with Crippen LogP contribution < -0.4 is 0 Å². The molecular formula is C4H3Cl6. The molecule has 0 aliphatic rings. The topological polar surface area (TPSA) is 0 Å². The van der Waals surface area contributed by atoms with E-state index in [2.05, 4.69) is 0 Å². The normalized spacial score (nSPS) is 12.6. The third-order valence-electron chi connectivity index (χ3n) is 0.756. The first-order valence-electron chi connectivity index (χ1n) is 2.18. The van der Waals surface area contributed by atoms with Gasteiger partial charge in [0.15, 0.2) is 0 Å². The molecule has 0 bridgehead atoms. The van der Waals surface area contributed by atoms with Gasteiger partial charge in [0, 0.05) is 0 Å². The van der Waals surface area contributed by atoms with Crippen molar-refractivity contribution in [3.63, 3.8) is 0 Å². The zero-order chi connectivity index (χ0) is 8.31. The van der Waals surface area contributed by atoms with Crippen LogP contribution in [0.1, 0.15) is 0 Å². The van der Waals surface area contributed by atoms with Crippen molar-refractivity contribution < 1.29 is 0 Å².